The maximum Gasteiger partial charge on any atom is 0.253 e. The second kappa shape index (κ2) is 14.7. The SMILES string of the molecule is CN=C(NCc1cccc(C(=O)N2CCCCC2)c1)Nc1cccc(OCCCOC)c1.I. The van der Waals surface area contributed by atoms with Crippen LogP contribution in [0.15, 0.2) is 53.5 Å². The van der Waals surface area contributed by atoms with Crippen LogP contribution in [0.3, 0.4) is 0 Å². The van der Waals surface area contributed by atoms with Gasteiger partial charge in [0, 0.05) is 64.1 Å². The molecule has 8 heteroatoms. The monoisotopic (exact) mass is 566 g/mol. The number of hydrogen-bond acceptors (Lipinski definition) is 4. The minimum atomic E-state index is 0. The van der Waals surface area contributed by atoms with Crippen molar-refractivity contribution in [3.05, 3.63) is 59.7 Å². The standard InChI is InChI=1S/C25H34N4O3.HI/c1-26-25(28-22-11-7-12-23(18-22)32-16-8-15-31-2)27-19-20-9-6-10-21(17-20)24(30)29-13-4-3-5-14-29;/h6-7,9-12,17-18H,3-5,8,13-16,19H2,1-2H3,(H2,26,27,28);1H. The smallest absolute Gasteiger partial charge is 0.253 e. The Kier molecular flexibility index (Phi) is 12.0. The number of benzene rings is 2. The van der Waals surface area contributed by atoms with Gasteiger partial charge in [0.1, 0.15) is 5.75 Å². The summed E-state index contributed by atoms with van der Waals surface area (Å²) in [5.41, 5.74) is 2.66. The number of aliphatic imine (C=N–C) groups is 1. The number of amides is 1. The Balaban J connectivity index is 0.00000385. The Morgan fingerprint density at radius 2 is 1.85 bits per heavy atom. The molecule has 2 aromatic carbocycles. The zero-order valence-electron chi connectivity index (χ0n) is 19.5. The summed E-state index contributed by atoms with van der Waals surface area (Å²) < 4.78 is 10.8. The van der Waals surface area contributed by atoms with Crippen LogP contribution in [0.25, 0.3) is 0 Å². The summed E-state index contributed by atoms with van der Waals surface area (Å²) in [4.78, 5) is 19.0. The van der Waals surface area contributed by atoms with E-state index in [4.69, 9.17) is 9.47 Å². The Morgan fingerprint density at radius 1 is 1.06 bits per heavy atom. The fraction of sp³-hybridized carbons (Fsp3) is 0.440. The molecule has 0 bridgehead atoms. The Bertz CT molecular complexity index is 901. The lowest BCUT2D eigenvalue weighted by Gasteiger charge is -2.26. The number of halogens is 1. The quantitative estimate of drug-likeness (QED) is 0.202. The highest BCUT2D eigenvalue weighted by atomic mass is 127. The highest BCUT2D eigenvalue weighted by Gasteiger charge is 2.18. The lowest BCUT2D eigenvalue weighted by Crippen LogP contribution is -2.35. The van der Waals surface area contributed by atoms with E-state index >= 15 is 0 Å². The van der Waals surface area contributed by atoms with E-state index in [0.29, 0.717) is 25.7 Å². The van der Waals surface area contributed by atoms with Crippen LogP contribution in [0.5, 0.6) is 5.75 Å². The molecule has 1 aliphatic rings. The lowest BCUT2D eigenvalue weighted by molar-refractivity contribution is 0.0724. The van der Waals surface area contributed by atoms with Crippen LogP contribution in [0.1, 0.15) is 41.6 Å². The molecule has 0 aromatic heterocycles. The molecule has 2 N–H and O–H groups in total. The molecular formula is C25H35IN4O3. The summed E-state index contributed by atoms with van der Waals surface area (Å²) in [6.07, 6.45) is 4.24. The van der Waals surface area contributed by atoms with Crippen LogP contribution < -0.4 is 15.4 Å². The number of anilines is 1. The molecule has 1 heterocycles. The van der Waals surface area contributed by atoms with Gasteiger partial charge < -0.3 is 25.0 Å². The number of carbonyl (C=O) groups is 1. The molecule has 1 amide bonds. The zero-order chi connectivity index (χ0) is 22.6. The number of nitrogens with one attached hydrogen (secondary N) is 2. The van der Waals surface area contributed by atoms with E-state index in [1.165, 1.54) is 6.42 Å². The third-order valence-corrected chi connectivity index (χ3v) is 5.36. The summed E-state index contributed by atoms with van der Waals surface area (Å²) in [6, 6.07) is 15.6. The van der Waals surface area contributed by atoms with Gasteiger partial charge in [0.15, 0.2) is 5.96 Å². The normalized spacial score (nSPS) is 13.8. The van der Waals surface area contributed by atoms with Crippen molar-refractivity contribution in [2.24, 2.45) is 4.99 Å². The molecule has 0 unspecified atom stereocenters. The average molecular weight is 566 g/mol. The number of hydrogen-bond donors (Lipinski definition) is 2. The van der Waals surface area contributed by atoms with Crippen LogP contribution in [0, 0.1) is 0 Å². The fourth-order valence-electron chi connectivity index (χ4n) is 3.65. The second-order valence-electron chi connectivity index (χ2n) is 7.83. The van der Waals surface area contributed by atoms with Crippen molar-refractivity contribution in [1.82, 2.24) is 10.2 Å². The van der Waals surface area contributed by atoms with Crippen LogP contribution >= 0.6 is 24.0 Å². The molecular weight excluding hydrogens is 531 g/mol. The van der Waals surface area contributed by atoms with Crippen molar-refractivity contribution >= 4 is 41.5 Å². The molecule has 3 rings (SSSR count). The van der Waals surface area contributed by atoms with Gasteiger partial charge in [-0.2, -0.15) is 0 Å². The highest BCUT2D eigenvalue weighted by molar-refractivity contribution is 14.0. The van der Waals surface area contributed by atoms with Crippen molar-refractivity contribution < 1.29 is 14.3 Å². The molecule has 2 aromatic rings. The molecule has 0 spiro atoms. The van der Waals surface area contributed by atoms with Crippen molar-refractivity contribution in [1.29, 1.82) is 0 Å². The summed E-state index contributed by atoms with van der Waals surface area (Å²) in [5, 5.41) is 6.60. The predicted octanol–water partition coefficient (Wildman–Crippen LogP) is 4.53. The largest absolute Gasteiger partial charge is 0.493 e. The fourth-order valence-corrected chi connectivity index (χ4v) is 3.65. The van der Waals surface area contributed by atoms with Gasteiger partial charge in [-0.1, -0.05) is 18.2 Å². The Morgan fingerprint density at radius 3 is 2.61 bits per heavy atom. The lowest BCUT2D eigenvalue weighted by atomic mass is 10.1. The maximum atomic E-state index is 12.8. The number of rotatable bonds is 9. The van der Waals surface area contributed by atoms with Gasteiger partial charge in [-0.25, -0.2) is 0 Å². The minimum Gasteiger partial charge on any atom is -0.493 e. The van der Waals surface area contributed by atoms with Crippen LogP contribution in [0.4, 0.5) is 5.69 Å². The van der Waals surface area contributed by atoms with Crippen molar-refractivity contribution in [3.63, 3.8) is 0 Å². The number of likely N-dealkylation sites (tertiary alicyclic amines) is 1. The molecule has 0 atom stereocenters. The number of ether oxygens (including phenoxy) is 2. The van der Waals surface area contributed by atoms with Crippen molar-refractivity contribution in [2.75, 3.05) is 45.8 Å². The summed E-state index contributed by atoms with van der Waals surface area (Å²) in [6.45, 7) is 3.56. The average Bonchev–Trinajstić information content (AvgIpc) is 2.85. The second-order valence-corrected chi connectivity index (χ2v) is 7.83. The zero-order valence-corrected chi connectivity index (χ0v) is 21.8. The number of piperidine rings is 1. The van der Waals surface area contributed by atoms with Gasteiger partial charge in [0.25, 0.3) is 5.91 Å². The van der Waals surface area contributed by atoms with Gasteiger partial charge in [0.2, 0.25) is 0 Å². The van der Waals surface area contributed by atoms with Crippen LogP contribution in [0.2, 0.25) is 0 Å². The van der Waals surface area contributed by atoms with Crippen LogP contribution in [-0.2, 0) is 11.3 Å². The first-order chi connectivity index (χ1) is 15.7. The maximum absolute atomic E-state index is 12.8. The Hall–Kier alpha value is -2.33. The first-order valence-corrected chi connectivity index (χ1v) is 11.3. The van der Waals surface area contributed by atoms with Gasteiger partial charge in [-0.3, -0.25) is 9.79 Å². The molecule has 0 radical (unpaired) electrons. The summed E-state index contributed by atoms with van der Waals surface area (Å²) in [7, 11) is 3.42. The topological polar surface area (TPSA) is 75.2 Å². The molecule has 1 saturated heterocycles. The van der Waals surface area contributed by atoms with E-state index in [1.54, 1.807) is 14.2 Å². The van der Waals surface area contributed by atoms with E-state index in [0.717, 1.165) is 54.9 Å². The molecule has 1 fully saturated rings. The van der Waals surface area contributed by atoms with Crippen molar-refractivity contribution in [3.8, 4) is 5.75 Å². The third-order valence-electron chi connectivity index (χ3n) is 5.36. The van der Waals surface area contributed by atoms with Crippen molar-refractivity contribution in [2.45, 2.75) is 32.2 Å². The summed E-state index contributed by atoms with van der Waals surface area (Å²) >= 11 is 0. The number of carbonyl (C=O) groups excluding carboxylic acids is 1. The molecule has 1 aliphatic heterocycles. The molecule has 7 nitrogen and oxygen atoms in total. The third kappa shape index (κ3) is 8.85. The molecule has 0 saturated carbocycles. The van der Waals surface area contributed by atoms with E-state index < -0.39 is 0 Å². The van der Waals surface area contributed by atoms with Crippen LogP contribution in [-0.4, -0.2) is 57.2 Å². The Labute approximate surface area is 214 Å². The van der Waals surface area contributed by atoms with E-state index in [2.05, 4.69) is 15.6 Å². The van der Waals surface area contributed by atoms with Gasteiger partial charge >= 0.3 is 0 Å². The molecule has 33 heavy (non-hydrogen) atoms. The predicted molar refractivity (Wildman–Crippen MR) is 144 cm³/mol. The van der Waals surface area contributed by atoms with Gasteiger partial charge in [-0.05, 0) is 49.1 Å². The first kappa shape index (κ1) is 26.9. The summed E-state index contributed by atoms with van der Waals surface area (Å²) in [5.74, 6) is 1.57. The van der Waals surface area contributed by atoms with E-state index in [1.807, 2.05) is 53.4 Å². The number of nitrogens with zero attached hydrogens (tertiary/aromatic N) is 2. The van der Waals surface area contributed by atoms with E-state index in [-0.39, 0.29) is 29.9 Å². The van der Waals surface area contributed by atoms with E-state index in [9.17, 15) is 4.79 Å². The first-order valence-electron chi connectivity index (χ1n) is 11.3. The minimum absolute atomic E-state index is 0. The number of guanidine groups is 1. The molecule has 0 aliphatic carbocycles. The molecule has 180 valence electrons. The van der Waals surface area contributed by atoms with Gasteiger partial charge in [-0.15, -0.1) is 24.0 Å². The van der Waals surface area contributed by atoms with Gasteiger partial charge in [0.05, 0.1) is 6.61 Å². The highest BCUT2D eigenvalue weighted by Crippen LogP contribution is 2.18. The number of methoxy groups -OCH3 is 1.